The lowest BCUT2D eigenvalue weighted by molar-refractivity contribution is 1.10. The number of benzene rings is 1. The molecule has 2 aromatic heterocycles. The van der Waals surface area contributed by atoms with Crippen LogP contribution in [0.3, 0.4) is 0 Å². The summed E-state index contributed by atoms with van der Waals surface area (Å²) in [5.41, 5.74) is 6.37. The smallest absolute Gasteiger partial charge is 0.117 e. The van der Waals surface area contributed by atoms with Crippen molar-refractivity contribution in [2.45, 2.75) is 10.8 Å². The summed E-state index contributed by atoms with van der Waals surface area (Å²) in [4.78, 5) is 11.0. The summed E-state index contributed by atoms with van der Waals surface area (Å²) in [6.07, 6.45) is 1.62. The van der Waals surface area contributed by atoms with Crippen molar-refractivity contribution in [3.8, 4) is 11.8 Å². The zero-order valence-corrected chi connectivity index (χ0v) is 12.9. The number of thiophene rings is 1. The molecule has 0 spiro atoms. The third-order valence-corrected chi connectivity index (χ3v) is 5.07. The minimum atomic E-state index is 0.398. The molecule has 2 heterocycles. The van der Waals surface area contributed by atoms with Crippen LogP contribution in [0.5, 0.6) is 0 Å². The van der Waals surface area contributed by atoms with E-state index in [0.29, 0.717) is 6.54 Å². The standard InChI is InChI=1S/C16H13N3S2/c17-9-3-4-12-7-8-13(21-12)10-20-16-14-5-1-2-6-15(14)18-11-19-16/h1-2,5-8,11H,9-10,17H2. The molecular weight excluding hydrogens is 298 g/mol. The minimum absolute atomic E-state index is 0.398. The van der Waals surface area contributed by atoms with Crippen molar-refractivity contribution < 1.29 is 0 Å². The van der Waals surface area contributed by atoms with Gasteiger partial charge in [-0.05, 0) is 18.2 Å². The van der Waals surface area contributed by atoms with Gasteiger partial charge < -0.3 is 5.73 Å². The Hall–Kier alpha value is -1.87. The molecule has 2 N–H and O–H groups in total. The molecule has 104 valence electrons. The van der Waals surface area contributed by atoms with Crippen molar-refractivity contribution in [1.29, 1.82) is 0 Å². The van der Waals surface area contributed by atoms with E-state index in [1.165, 1.54) is 4.88 Å². The molecule has 0 aliphatic rings. The molecule has 21 heavy (non-hydrogen) atoms. The third kappa shape index (κ3) is 3.42. The van der Waals surface area contributed by atoms with Gasteiger partial charge in [-0.25, -0.2) is 9.97 Å². The second kappa shape index (κ2) is 6.72. The van der Waals surface area contributed by atoms with Crippen LogP contribution in [0, 0.1) is 11.8 Å². The van der Waals surface area contributed by atoms with Crippen LogP contribution < -0.4 is 5.73 Å². The molecule has 0 amide bonds. The van der Waals surface area contributed by atoms with Crippen molar-refractivity contribution >= 4 is 34.0 Å². The number of nitrogens with zero attached hydrogens (tertiary/aromatic N) is 2. The van der Waals surface area contributed by atoms with Gasteiger partial charge in [-0.15, -0.1) is 23.1 Å². The molecule has 3 aromatic rings. The molecule has 1 aromatic carbocycles. The van der Waals surface area contributed by atoms with Gasteiger partial charge in [0, 0.05) is 16.0 Å². The molecular formula is C16H13N3S2. The van der Waals surface area contributed by atoms with Gasteiger partial charge in [0.25, 0.3) is 0 Å². The third-order valence-electron chi connectivity index (χ3n) is 2.83. The Bertz CT molecular complexity index is 809. The lowest BCUT2D eigenvalue weighted by Crippen LogP contribution is -1.92. The fraction of sp³-hybridized carbons (Fsp3) is 0.125. The maximum Gasteiger partial charge on any atom is 0.117 e. The fourth-order valence-electron chi connectivity index (χ4n) is 1.90. The summed E-state index contributed by atoms with van der Waals surface area (Å²) < 4.78 is 0. The van der Waals surface area contributed by atoms with Crippen LogP contribution >= 0.6 is 23.1 Å². The van der Waals surface area contributed by atoms with Crippen LogP contribution in [-0.4, -0.2) is 16.5 Å². The number of hydrogen-bond acceptors (Lipinski definition) is 5. The van der Waals surface area contributed by atoms with Crippen LogP contribution in [-0.2, 0) is 5.75 Å². The van der Waals surface area contributed by atoms with E-state index in [0.717, 1.165) is 26.6 Å². The first kappa shape index (κ1) is 14.1. The van der Waals surface area contributed by atoms with Gasteiger partial charge in [0.15, 0.2) is 0 Å². The second-order valence-electron chi connectivity index (χ2n) is 4.26. The van der Waals surface area contributed by atoms with Crippen LogP contribution in [0.4, 0.5) is 0 Å². The number of para-hydroxylation sites is 1. The molecule has 0 saturated carbocycles. The van der Waals surface area contributed by atoms with Gasteiger partial charge in [0.2, 0.25) is 0 Å². The molecule has 3 rings (SSSR count). The molecule has 0 aliphatic carbocycles. The molecule has 0 aliphatic heterocycles. The highest BCUT2D eigenvalue weighted by atomic mass is 32.2. The van der Waals surface area contributed by atoms with Crippen molar-refractivity contribution in [1.82, 2.24) is 9.97 Å². The average molecular weight is 311 g/mol. The number of aromatic nitrogens is 2. The fourth-order valence-corrected chi connectivity index (χ4v) is 3.81. The zero-order chi connectivity index (χ0) is 14.5. The Morgan fingerprint density at radius 1 is 1.14 bits per heavy atom. The van der Waals surface area contributed by atoms with E-state index < -0.39 is 0 Å². The van der Waals surface area contributed by atoms with Gasteiger partial charge in [-0.1, -0.05) is 30.0 Å². The molecule has 0 fully saturated rings. The van der Waals surface area contributed by atoms with Gasteiger partial charge in [-0.3, -0.25) is 0 Å². The highest BCUT2D eigenvalue weighted by Gasteiger charge is 2.05. The quantitative estimate of drug-likeness (QED) is 0.458. The minimum Gasteiger partial charge on any atom is -0.320 e. The molecule has 0 atom stereocenters. The van der Waals surface area contributed by atoms with Crippen LogP contribution in [0.15, 0.2) is 47.8 Å². The van der Waals surface area contributed by atoms with Crippen LogP contribution in [0.1, 0.15) is 9.75 Å². The van der Waals surface area contributed by atoms with E-state index in [-0.39, 0.29) is 0 Å². The van der Waals surface area contributed by atoms with E-state index in [1.54, 1.807) is 29.4 Å². The summed E-state index contributed by atoms with van der Waals surface area (Å²) in [6.45, 7) is 0.398. The van der Waals surface area contributed by atoms with E-state index in [9.17, 15) is 0 Å². The van der Waals surface area contributed by atoms with Gasteiger partial charge >= 0.3 is 0 Å². The Morgan fingerprint density at radius 3 is 2.95 bits per heavy atom. The molecule has 5 heteroatoms. The summed E-state index contributed by atoms with van der Waals surface area (Å²) >= 11 is 3.43. The number of hydrogen-bond donors (Lipinski definition) is 1. The van der Waals surface area contributed by atoms with E-state index >= 15 is 0 Å². The van der Waals surface area contributed by atoms with Gasteiger partial charge in [0.05, 0.1) is 16.9 Å². The molecule has 0 bridgehead atoms. The van der Waals surface area contributed by atoms with Crippen molar-refractivity contribution in [2.24, 2.45) is 5.73 Å². The summed E-state index contributed by atoms with van der Waals surface area (Å²) in [6, 6.07) is 12.2. The van der Waals surface area contributed by atoms with E-state index in [2.05, 4.69) is 33.9 Å². The maximum atomic E-state index is 5.38. The predicted octanol–water partition coefficient (Wildman–Crippen LogP) is 3.29. The Morgan fingerprint density at radius 2 is 2.05 bits per heavy atom. The lowest BCUT2D eigenvalue weighted by atomic mass is 10.2. The van der Waals surface area contributed by atoms with Crippen LogP contribution in [0.2, 0.25) is 0 Å². The van der Waals surface area contributed by atoms with Crippen LogP contribution in [0.25, 0.3) is 10.9 Å². The first-order chi connectivity index (χ1) is 10.4. The SMILES string of the molecule is NCC#Cc1ccc(CSc2ncnc3ccccc23)s1. The Balaban J connectivity index is 1.76. The predicted molar refractivity (Wildman–Crippen MR) is 89.4 cm³/mol. The monoisotopic (exact) mass is 311 g/mol. The van der Waals surface area contributed by atoms with Gasteiger partial charge in [-0.2, -0.15) is 0 Å². The molecule has 0 radical (unpaired) electrons. The zero-order valence-electron chi connectivity index (χ0n) is 11.2. The second-order valence-corrected chi connectivity index (χ2v) is 6.39. The average Bonchev–Trinajstić information content (AvgIpc) is 2.99. The van der Waals surface area contributed by atoms with Gasteiger partial charge in [0.1, 0.15) is 11.4 Å². The number of nitrogens with two attached hydrogens (primary N) is 1. The Kier molecular flexibility index (Phi) is 4.51. The van der Waals surface area contributed by atoms with E-state index in [1.807, 2.05) is 24.3 Å². The first-order valence-corrected chi connectivity index (χ1v) is 8.27. The summed E-state index contributed by atoms with van der Waals surface area (Å²) in [5.74, 6) is 6.82. The summed E-state index contributed by atoms with van der Waals surface area (Å²) in [5, 5.41) is 2.12. The van der Waals surface area contributed by atoms with Crippen molar-refractivity contribution in [3.63, 3.8) is 0 Å². The number of rotatable bonds is 3. The highest BCUT2D eigenvalue weighted by molar-refractivity contribution is 7.98. The molecule has 3 nitrogen and oxygen atoms in total. The van der Waals surface area contributed by atoms with E-state index in [4.69, 9.17) is 5.73 Å². The molecule has 0 unspecified atom stereocenters. The number of thioether (sulfide) groups is 1. The topological polar surface area (TPSA) is 51.8 Å². The van der Waals surface area contributed by atoms with Crippen molar-refractivity contribution in [2.75, 3.05) is 6.54 Å². The Labute approximate surface area is 131 Å². The van der Waals surface area contributed by atoms with Crippen molar-refractivity contribution in [3.05, 3.63) is 52.5 Å². The first-order valence-electron chi connectivity index (χ1n) is 6.47. The normalized spacial score (nSPS) is 10.3. The largest absolute Gasteiger partial charge is 0.320 e. The maximum absolute atomic E-state index is 5.38. The highest BCUT2D eigenvalue weighted by Crippen LogP contribution is 2.29. The summed E-state index contributed by atoms with van der Waals surface area (Å²) in [7, 11) is 0. The molecule has 0 saturated heterocycles. The lowest BCUT2D eigenvalue weighted by Gasteiger charge is -2.03. The number of fused-ring (bicyclic) bond motifs is 1.